The molecule has 18 heavy (non-hydrogen) atoms. The van der Waals surface area contributed by atoms with Crippen LogP contribution in [0.3, 0.4) is 0 Å². The zero-order chi connectivity index (χ0) is 13.7. The van der Waals surface area contributed by atoms with Crippen molar-refractivity contribution < 1.29 is 9.72 Å². The normalized spacial score (nSPS) is 10.4. The fourth-order valence-corrected chi connectivity index (χ4v) is 1.52. The van der Waals surface area contributed by atoms with Crippen LogP contribution in [0.4, 0.5) is 11.4 Å². The standard InChI is InChI=1S/C12H17N3O3/c1-8(2)6-7-14-12(16)9-4-3-5-10(13)11(9)15(17)18/h3-5,8H,6-7,13H2,1-2H3,(H,14,16). The lowest BCUT2D eigenvalue weighted by Gasteiger charge is -2.08. The second-order valence-electron chi connectivity index (χ2n) is 4.44. The number of rotatable bonds is 5. The van der Waals surface area contributed by atoms with Gasteiger partial charge in [-0.25, -0.2) is 0 Å². The number of benzene rings is 1. The summed E-state index contributed by atoms with van der Waals surface area (Å²) >= 11 is 0. The molecular formula is C12H17N3O3. The summed E-state index contributed by atoms with van der Waals surface area (Å²) in [5.41, 5.74) is 5.18. The van der Waals surface area contributed by atoms with Crippen LogP contribution in [-0.2, 0) is 0 Å². The van der Waals surface area contributed by atoms with Crippen LogP contribution in [0.2, 0.25) is 0 Å². The van der Waals surface area contributed by atoms with Gasteiger partial charge in [0.25, 0.3) is 5.91 Å². The van der Waals surface area contributed by atoms with Gasteiger partial charge in [0.15, 0.2) is 0 Å². The van der Waals surface area contributed by atoms with Crippen LogP contribution in [0.1, 0.15) is 30.6 Å². The van der Waals surface area contributed by atoms with Crippen molar-refractivity contribution in [3.63, 3.8) is 0 Å². The third-order valence-corrected chi connectivity index (χ3v) is 2.50. The smallest absolute Gasteiger partial charge is 0.304 e. The minimum Gasteiger partial charge on any atom is -0.393 e. The molecule has 0 heterocycles. The van der Waals surface area contributed by atoms with Gasteiger partial charge in [-0.3, -0.25) is 14.9 Å². The van der Waals surface area contributed by atoms with Gasteiger partial charge in [-0.15, -0.1) is 0 Å². The van der Waals surface area contributed by atoms with E-state index in [1.165, 1.54) is 18.2 Å². The molecule has 1 amide bonds. The van der Waals surface area contributed by atoms with E-state index < -0.39 is 10.8 Å². The molecule has 0 atom stereocenters. The predicted octanol–water partition coefficient (Wildman–Crippen LogP) is 1.95. The SMILES string of the molecule is CC(C)CCNC(=O)c1cccc(N)c1[N+](=O)[O-]. The second-order valence-corrected chi connectivity index (χ2v) is 4.44. The molecule has 0 aliphatic carbocycles. The van der Waals surface area contributed by atoms with E-state index in [1.807, 2.05) is 13.8 Å². The molecule has 6 nitrogen and oxygen atoms in total. The summed E-state index contributed by atoms with van der Waals surface area (Å²) < 4.78 is 0. The number of amides is 1. The van der Waals surface area contributed by atoms with Crippen molar-refractivity contribution >= 4 is 17.3 Å². The summed E-state index contributed by atoms with van der Waals surface area (Å²) in [4.78, 5) is 22.1. The van der Waals surface area contributed by atoms with Crippen molar-refractivity contribution in [1.82, 2.24) is 5.32 Å². The molecule has 0 saturated heterocycles. The molecule has 0 radical (unpaired) electrons. The lowest BCUT2D eigenvalue weighted by atomic mass is 10.1. The summed E-state index contributed by atoms with van der Waals surface area (Å²) in [7, 11) is 0. The molecule has 6 heteroatoms. The maximum Gasteiger partial charge on any atom is 0.304 e. The summed E-state index contributed by atoms with van der Waals surface area (Å²) in [6.45, 7) is 4.56. The predicted molar refractivity (Wildman–Crippen MR) is 69.3 cm³/mol. The molecular weight excluding hydrogens is 234 g/mol. The maximum atomic E-state index is 11.8. The van der Waals surface area contributed by atoms with Crippen molar-refractivity contribution in [3.05, 3.63) is 33.9 Å². The average molecular weight is 251 g/mol. The Bertz CT molecular complexity index is 458. The highest BCUT2D eigenvalue weighted by Gasteiger charge is 2.22. The topological polar surface area (TPSA) is 98.3 Å². The fraction of sp³-hybridized carbons (Fsp3) is 0.417. The number of anilines is 1. The minimum atomic E-state index is -0.632. The maximum absolute atomic E-state index is 11.8. The van der Waals surface area contributed by atoms with E-state index in [2.05, 4.69) is 5.32 Å². The summed E-state index contributed by atoms with van der Waals surface area (Å²) in [5.74, 6) is -0.00391. The van der Waals surface area contributed by atoms with E-state index >= 15 is 0 Å². The zero-order valence-corrected chi connectivity index (χ0v) is 10.5. The molecule has 3 N–H and O–H groups in total. The van der Waals surface area contributed by atoms with Crippen LogP contribution in [0.15, 0.2) is 18.2 Å². The van der Waals surface area contributed by atoms with Crippen LogP contribution >= 0.6 is 0 Å². The van der Waals surface area contributed by atoms with Gasteiger partial charge >= 0.3 is 5.69 Å². The van der Waals surface area contributed by atoms with Gasteiger partial charge < -0.3 is 11.1 Å². The first kappa shape index (κ1) is 14.0. The molecule has 0 bridgehead atoms. The highest BCUT2D eigenvalue weighted by molar-refractivity contribution is 6.00. The van der Waals surface area contributed by atoms with Gasteiger partial charge in [0.2, 0.25) is 0 Å². The van der Waals surface area contributed by atoms with E-state index in [0.29, 0.717) is 12.5 Å². The van der Waals surface area contributed by atoms with E-state index in [1.54, 1.807) is 0 Å². The Balaban J connectivity index is 2.86. The average Bonchev–Trinajstić information content (AvgIpc) is 2.27. The number of nitrogens with two attached hydrogens (primary N) is 1. The highest BCUT2D eigenvalue weighted by Crippen LogP contribution is 2.25. The number of nitrogen functional groups attached to an aromatic ring is 1. The first-order valence-corrected chi connectivity index (χ1v) is 5.74. The van der Waals surface area contributed by atoms with Gasteiger partial charge in [-0.2, -0.15) is 0 Å². The fourth-order valence-electron chi connectivity index (χ4n) is 1.52. The Morgan fingerprint density at radius 1 is 1.50 bits per heavy atom. The molecule has 1 aromatic rings. The van der Waals surface area contributed by atoms with Crippen molar-refractivity contribution in [2.24, 2.45) is 5.92 Å². The Kier molecular flexibility index (Phi) is 4.65. The van der Waals surface area contributed by atoms with E-state index in [4.69, 9.17) is 5.73 Å². The number of para-hydroxylation sites is 1. The number of nitro groups is 1. The molecule has 0 saturated carbocycles. The lowest BCUT2D eigenvalue weighted by molar-refractivity contribution is -0.384. The number of hydrogen-bond donors (Lipinski definition) is 2. The number of carbonyl (C=O) groups excluding carboxylic acids is 1. The van der Waals surface area contributed by atoms with Gasteiger partial charge in [-0.1, -0.05) is 19.9 Å². The summed E-state index contributed by atoms with van der Waals surface area (Å²) in [5, 5.41) is 13.5. The van der Waals surface area contributed by atoms with Gasteiger partial charge in [-0.05, 0) is 24.5 Å². The highest BCUT2D eigenvalue weighted by atomic mass is 16.6. The molecule has 0 aliphatic rings. The Morgan fingerprint density at radius 2 is 2.17 bits per heavy atom. The number of hydrogen-bond acceptors (Lipinski definition) is 4. The Hall–Kier alpha value is -2.11. The largest absolute Gasteiger partial charge is 0.393 e. The van der Waals surface area contributed by atoms with Crippen molar-refractivity contribution in [2.45, 2.75) is 20.3 Å². The van der Waals surface area contributed by atoms with Gasteiger partial charge in [0.1, 0.15) is 11.3 Å². The van der Waals surface area contributed by atoms with Crippen LogP contribution in [0.25, 0.3) is 0 Å². The van der Waals surface area contributed by atoms with Gasteiger partial charge in [0, 0.05) is 6.54 Å². The number of nitro benzene ring substituents is 1. The first-order chi connectivity index (χ1) is 8.43. The number of nitrogens with one attached hydrogen (secondary N) is 1. The monoisotopic (exact) mass is 251 g/mol. The molecule has 0 fully saturated rings. The van der Waals surface area contributed by atoms with Crippen molar-refractivity contribution in [3.8, 4) is 0 Å². The van der Waals surface area contributed by atoms with Crippen LogP contribution in [0.5, 0.6) is 0 Å². The molecule has 0 spiro atoms. The lowest BCUT2D eigenvalue weighted by Crippen LogP contribution is -2.26. The molecule has 98 valence electrons. The molecule has 0 aliphatic heterocycles. The van der Waals surface area contributed by atoms with Crippen molar-refractivity contribution in [2.75, 3.05) is 12.3 Å². The Morgan fingerprint density at radius 3 is 2.72 bits per heavy atom. The van der Waals surface area contributed by atoms with Crippen LogP contribution < -0.4 is 11.1 Å². The van der Waals surface area contributed by atoms with Crippen LogP contribution in [0, 0.1) is 16.0 Å². The third kappa shape index (κ3) is 3.44. The molecule has 1 rings (SSSR count). The quantitative estimate of drug-likeness (QED) is 0.474. The second kappa shape index (κ2) is 6.00. The van der Waals surface area contributed by atoms with E-state index in [0.717, 1.165) is 6.42 Å². The first-order valence-electron chi connectivity index (χ1n) is 5.74. The van der Waals surface area contributed by atoms with Crippen molar-refractivity contribution in [1.29, 1.82) is 0 Å². The van der Waals surface area contributed by atoms with Crippen LogP contribution in [-0.4, -0.2) is 17.4 Å². The summed E-state index contributed by atoms with van der Waals surface area (Å²) in [6, 6.07) is 4.34. The Labute approximate surface area is 105 Å². The molecule has 1 aromatic carbocycles. The molecule has 0 aromatic heterocycles. The minimum absolute atomic E-state index is 0.00323. The number of carbonyl (C=O) groups is 1. The third-order valence-electron chi connectivity index (χ3n) is 2.50. The van der Waals surface area contributed by atoms with E-state index in [9.17, 15) is 14.9 Å². The molecule has 0 unspecified atom stereocenters. The van der Waals surface area contributed by atoms with E-state index in [-0.39, 0.29) is 16.9 Å². The van der Waals surface area contributed by atoms with Gasteiger partial charge in [0.05, 0.1) is 4.92 Å². The summed E-state index contributed by atoms with van der Waals surface area (Å²) in [6.07, 6.45) is 0.821. The zero-order valence-electron chi connectivity index (χ0n) is 10.5. The number of nitrogens with zero attached hydrogens (tertiary/aromatic N) is 1.